The Kier molecular flexibility index (Phi) is 5.75. The molecule has 0 aliphatic carbocycles. The van der Waals surface area contributed by atoms with Gasteiger partial charge in [-0.3, -0.25) is 0 Å². The van der Waals surface area contributed by atoms with E-state index in [0.717, 1.165) is 32.4 Å². The number of nitrogens with one attached hydrogen (secondary N) is 1. The zero-order valence-electron chi connectivity index (χ0n) is 8.70. The summed E-state index contributed by atoms with van der Waals surface area (Å²) in [6.07, 6.45) is 5.12. The molecule has 0 aromatic carbocycles. The molecule has 0 bridgehead atoms. The summed E-state index contributed by atoms with van der Waals surface area (Å²) in [4.78, 5) is 4.22. The second-order valence-electron chi connectivity index (χ2n) is 3.43. The number of nitrogens with two attached hydrogens (primary N) is 1. The van der Waals surface area contributed by atoms with Crippen molar-refractivity contribution < 1.29 is 0 Å². The summed E-state index contributed by atoms with van der Waals surface area (Å²) in [7, 11) is 0. The number of hydrogen-bond donors (Lipinski definition) is 2. The van der Waals surface area contributed by atoms with Gasteiger partial charge in [0.25, 0.3) is 0 Å². The van der Waals surface area contributed by atoms with Crippen LogP contribution in [-0.4, -0.2) is 24.1 Å². The first kappa shape index (κ1) is 11.6. The van der Waals surface area contributed by atoms with Crippen molar-refractivity contribution in [3.63, 3.8) is 0 Å². The zero-order valence-corrected chi connectivity index (χ0v) is 9.52. The second kappa shape index (κ2) is 6.92. The molecule has 1 aromatic rings. The van der Waals surface area contributed by atoms with Crippen LogP contribution in [-0.2, 0) is 6.42 Å². The molecule has 1 aromatic heterocycles. The highest BCUT2D eigenvalue weighted by Crippen LogP contribution is 2.03. The van der Waals surface area contributed by atoms with Crippen molar-refractivity contribution in [2.24, 2.45) is 5.73 Å². The standard InChI is InChI=1S/C10H19N3S/c1-2-3-9(11)8-12-5-4-10-13-6-7-14-10/h6-7,9,12H,2-5,8,11H2,1H3. The van der Waals surface area contributed by atoms with Crippen LogP contribution in [0.5, 0.6) is 0 Å². The van der Waals surface area contributed by atoms with Crippen LogP contribution in [0.15, 0.2) is 11.6 Å². The average Bonchev–Trinajstić information content (AvgIpc) is 2.65. The Balaban J connectivity index is 1.99. The Morgan fingerprint density at radius 3 is 3.14 bits per heavy atom. The second-order valence-corrected chi connectivity index (χ2v) is 4.41. The molecule has 0 radical (unpaired) electrons. The molecule has 1 unspecified atom stereocenters. The molecule has 3 nitrogen and oxygen atoms in total. The van der Waals surface area contributed by atoms with Crippen molar-refractivity contribution in [2.75, 3.05) is 13.1 Å². The molecule has 1 heterocycles. The Hall–Kier alpha value is -0.450. The predicted molar refractivity (Wildman–Crippen MR) is 61.6 cm³/mol. The third kappa shape index (κ3) is 4.69. The fraction of sp³-hybridized carbons (Fsp3) is 0.700. The normalized spacial score (nSPS) is 13.0. The maximum absolute atomic E-state index is 5.87. The topological polar surface area (TPSA) is 50.9 Å². The van der Waals surface area contributed by atoms with Gasteiger partial charge >= 0.3 is 0 Å². The molecule has 1 rings (SSSR count). The highest BCUT2D eigenvalue weighted by Gasteiger charge is 2.00. The molecule has 0 saturated heterocycles. The largest absolute Gasteiger partial charge is 0.327 e. The van der Waals surface area contributed by atoms with Crippen LogP contribution in [0.3, 0.4) is 0 Å². The molecule has 14 heavy (non-hydrogen) atoms. The predicted octanol–water partition coefficient (Wildman–Crippen LogP) is 1.40. The summed E-state index contributed by atoms with van der Waals surface area (Å²) in [5.74, 6) is 0. The van der Waals surface area contributed by atoms with E-state index in [1.165, 1.54) is 5.01 Å². The van der Waals surface area contributed by atoms with E-state index in [1.54, 1.807) is 11.3 Å². The van der Waals surface area contributed by atoms with Crippen molar-refractivity contribution in [3.05, 3.63) is 16.6 Å². The average molecular weight is 213 g/mol. The Labute approximate surface area is 89.7 Å². The number of rotatable bonds is 7. The Bertz CT molecular complexity index is 223. The van der Waals surface area contributed by atoms with Crippen molar-refractivity contribution in [1.82, 2.24) is 10.3 Å². The van der Waals surface area contributed by atoms with Crippen molar-refractivity contribution in [3.8, 4) is 0 Å². The van der Waals surface area contributed by atoms with E-state index in [2.05, 4.69) is 17.2 Å². The van der Waals surface area contributed by atoms with Crippen LogP contribution in [0.2, 0.25) is 0 Å². The van der Waals surface area contributed by atoms with Crippen molar-refractivity contribution >= 4 is 11.3 Å². The Morgan fingerprint density at radius 1 is 1.64 bits per heavy atom. The number of nitrogens with zero attached hydrogens (tertiary/aromatic N) is 1. The summed E-state index contributed by atoms with van der Waals surface area (Å²) in [5, 5.41) is 6.56. The van der Waals surface area contributed by atoms with Crippen LogP contribution in [0.25, 0.3) is 0 Å². The summed E-state index contributed by atoms with van der Waals surface area (Å²) in [5.41, 5.74) is 5.87. The van der Waals surface area contributed by atoms with E-state index in [1.807, 2.05) is 11.6 Å². The van der Waals surface area contributed by atoms with Gasteiger partial charge in [-0.15, -0.1) is 11.3 Å². The zero-order chi connectivity index (χ0) is 10.2. The summed E-state index contributed by atoms with van der Waals surface area (Å²) >= 11 is 1.71. The van der Waals surface area contributed by atoms with Crippen molar-refractivity contribution in [2.45, 2.75) is 32.2 Å². The fourth-order valence-electron chi connectivity index (χ4n) is 1.33. The molecule has 0 amide bonds. The van der Waals surface area contributed by atoms with E-state index in [9.17, 15) is 0 Å². The first-order valence-corrected chi connectivity index (χ1v) is 6.05. The minimum atomic E-state index is 0.302. The third-order valence-corrected chi connectivity index (χ3v) is 2.90. The maximum atomic E-state index is 5.87. The first-order valence-electron chi connectivity index (χ1n) is 5.17. The monoisotopic (exact) mass is 213 g/mol. The fourth-order valence-corrected chi connectivity index (χ4v) is 1.95. The van der Waals surface area contributed by atoms with Crippen LogP contribution < -0.4 is 11.1 Å². The smallest absolute Gasteiger partial charge is 0.0937 e. The van der Waals surface area contributed by atoms with Gasteiger partial charge in [-0.05, 0) is 6.42 Å². The van der Waals surface area contributed by atoms with Crippen LogP contribution >= 0.6 is 11.3 Å². The van der Waals surface area contributed by atoms with Gasteiger partial charge in [-0.1, -0.05) is 13.3 Å². The number of aromatic nitrogens is 1. The number of thiazole rings is 1. The quantitative estimate of drug-likeness (QED) is 0.673. The molecule has 0 fully saturated rings. The first-order chi connectivity index (χ1) is 6.83. The minimum absolute atomic E-state index is 0.302. The van der Waals surface area contributed by atoms with Gasteiger partial charge in [0.05, 0.1) is 5.01 Å². The SMILES string of the molecule is CCCC(N)CNCCc1nccs1. The minimum Gasteiger partial charge on any atom is -0.327 e. The molecular formula is C10H19N3S. The molecule has 4 heteroatoms. The van der Waals surface area contributed by atoms with Gasteiger partial charge in [-0.25, -0.2) is 4.98 Å². The van der Waals surface area contributed by atoms with Crippen LogP contribution in [0, 0.1) is 0 Å². The molecule has 0 spiro atoms. The van der Waals surface area contributed by atoms with E-state index in [0.29, 0.717) is 6.04 Å². The maximum Gasteiger partial charge on any atom is 0.0937 e. The molecule has 0 aliphatic heterocycles. The molecule has 80 valence electrons. The molecule has 0 saturated carbocycles. The summed E-state index contributed by atoms with van der Waals surface area (Å²) < 4.78 is 0. The third-order valence-electron chi connectivity index (χ3n) is 2.07. The highest BCUT2D eigenvalue weighted by atomic mass is 32.1. The lowest BCUT2D eigenvalue weighted by Crippen LogP contribution is -2.34. The molecule has 1 atom stereocenters. The van der Waals surface area contributed by atoms with Gasteiger partial charge in [0.15, 0.2) is 0 Å². The van der Waals surface area contributed by atoms with Crippen LogP contribution in [0.4, 0.5) is 0 Å². The summed E-state index contributed by atoms with van der Waals surface area (Å²) in [6.45, 7) is 4.06. The molecular weight excluding hydrogens is 194 g/mol. The lowest BCUT2D eigenvalue weighted by molar-refractivity contribution is 0.540. The molecule has 3 N–H and O–H groups in total. The number of hydrogen-bond acceptors (Lipinski definition) is 4. The van der Waals surface area contributed by atoms with Gasteiger partial charge < -0.3 is 11.1 Å². The van der Waals surface area contributed by atoms with Gasteiger partial charge in [0.1, 0.15) is 0 Å². The van der Waals surface area contributed by atoms with E-state index in [4.69, 9.17) is 5.73 Å². The van der Waals surface area contributed by atoms with Gasteiger partial charge in [0.2, 0.25) is 0 Å². The van der Waals surface area contributed by atoms with E-state index < -0.39 is 0 Å². The lowest BCUT2D eigenvalue weighted by atomic mass is 10.2. The molecule has 0 aliphatic rings. The van der Waals surface area contributed by atoms with E-state index >= 15 is 0 Å². The van der Waals surface area contributed by atoms with Gasteiger partial charge in [0, 0.05) is 37.1 Å². The van der Waals surface area contributed by atoms with E-state index in [-0.39, 0.29) is 0 Å². The van der Waals surface area contributed by atoms with Crippen molar-refractivity contribution in [1.29, 1.82) is 0 Å². The van der Waals surface area contributed by atoms with Crippen LogP contribution in [0.1, 0.15) is 24.8 Å². The summed E-state index contributed by atoms with van der Waals surface area (Å²) in [6, 6.07) is 0.302. The highest BCUT2D eigenvalue weighted by molar-refractivity contribution is 7.09. The Morgan fingerprint density at radius 2 is 2.50 bits per heavy atom. The van der Waals surface area contributed by atoms with Gasteiger partial charge in [-0.2, -0.15) is 0 Å². The lowest BCUT2D eigenvalue weighted by Gasteiger charge is -2.10.